The molecule has 0 spiro atoms. The molecular formula is C13H22N2O. The van der Waals surface area contributed by atoms with Crippen LogP contribution in [0.5, 0.6) is 0 Å². The third kappa shape index (κ3) is 2.14. The Morgan fingerprint density at radius 1 is 1.50 bits per heavy atom. The van der Waals surface area contributed by atoms with Crippen molar-refractivity contribution in [3.05, 3.63) is 17.7 Å². The minimum atomic E-state index is 0.221. The standard InChI is InChI=1S/C13H22N2O/c1-4-11-13(10(2)3)15(9-14-11)12-7-5-6-8-16-12/h9-10,12H,4-8H2,1-3H3. The molecule has 1 aromatic rings. The third-order valence-corrected chi connectivity index (χ3v) is 3.26. The van der Waals surface area contributed by atoms with E-state index in [0.29, 0.717) is 5.92 Å². The topological polar surface area (TPSA) is 27.1 Å². The van der Waals surface area contributed by atoms with E-state index in [0.717, 1.165) is 19.4 Å². The van der Waals surface area contributed by atoms with Crippen LogP contribution in [0.25, 0.3) is 0 Å². The van der Waals surface area contributed by atoms with Gasteiger partial charge in [-0.15, -0.1) is 0 Å². The smallest absolute Gasteiger partial charge is 0.135 e. The van der Waals surface area contributed by atoms with E-state index >= 15 is 0 Å². The number of hydrogen-bond acceptors (Lipinski definition) is 2. The molecule has 0 amide bonds. The lowest BCUT2D eigenvalue weighted by Crippen LogP contribution is -2.20. The van der Waals surface area contributed by atoms with Crippen LogP contribution in [0.2, 0.25) is 0 Å². The second kappa shape index (κ2) is 5.00. The highest BCUT2D eigenvalue weighted by Crippen LogP contribution is 2.28. The fourth-order valence-corrected chi connectivity index (χ4v) is 2.49. The Morgan fingerprint density at radius 3 is 2.88 bits per heavy atom. The second-order valence-corrected chi connectivity index (χ2v) is 4.81. The van der Waals surface area contributed by atoms with E-state index in [2.05, 4.69) is 30.3 Å². The summed E-state index contributed by atoms with van der Waals surface area (Å²) in [6.45, 7) is 7.52. The average molecular weight is 222 g/mol. The minimum absolute atomic E-state index is 0.221. The van der Waals surface area contributed by atoms with Gasteiger partial charge in [0.1, 0.15) is 6.23 Å². The van der Waals surface area contributed by atoms with Crippen molar-refractivity contribution in [2.75, 3.05) is 6.61 Å². The first kappa shape index (κ1) is 11.6. The van der Waals surface area contributed by atoms with Gasteiger partial charge in [0.2, 0.25) is 0 Å². The number of aromatic nitrogens is 2. The average Bonchev–Trinajstić information content (AvgIpc) is 2.73. The van der Waals surface area contributed by atoms with Crippen molar-refractivity contribution in [3.63, 3.8) is 0 Å². The van der Waals surface area contributed by atoms with Gasteiger partial charge in [-0.25, -0.2) is 4.98 Å². The molecule has 2 rings (SSSR count). The van der Waals surface area contributed by atoms with E-state index in [1.54, 1.807) is 0 Å². The van der Waals surface area contributed by atoms with Crippen molar-refractivity contribution in [1.82, 2.24) is 9.55 Å². The quantitative estimate of drug-likeness (QED) is 0.785. The summed E-state index contributed by atoms with van der Waals surface area (Å²) in [5.41, 5.74) is 2.58. The molecule has 1 aliphatic heterocycles. The molecule has 0 aromatic carbocycles. The molecule has 0 aliphatic carbocycles. The highest BCUT2D eigenvalue weighted by Gasteiger charge is 2.21. The Bertz CT molecular complexity index is 338. The van der Waals surface area contributed by atoms with Gasteiger partial charge < -0.3 is 9.30 Å². The molecule has 2 heterocycles. The molecule has 0 radical (unpaired) electrons. The van der Waals surface area contributed by atoms with Crippen LogP contribution < -0.4 is 0 Å². The van der Waals surface area contributed by atoms with Gasteiger partial charge in [0.05, 0.1) is 12.0 Å². The molecule has 0 saturated carbocycles. The molecule has 1 aromatic heterocycles. The lowest BCUT2D eigenvalue weighted by molar-refractivity contribution is -0.0338. The van der Waals surface area contributed by atoms with Gasteiger partial charge >= 0.3 is 0 Å². The first-order valence-electron chi connectivity index (χ1n) is 6.41. The van der Waals surface area contributed by atoms with E-state index in [9.17, 15) is 0 Å². The summed E-state index contributed by atoms with van der Waals surface area (Å²) in [4.78, 5) is 4.51. The lowest BCUT2D eigenvalue weighted by atomic mass is 10.1. The molecule has 0 N–H and O–H groups in total. The summed E-state index contributed by atoms with van der Waals surface area (Å²) < 4.78 is 8.09. The van der Waals surface area contributed by atoms with Crippen LogP contribution in [0.3, 0.4) is 0 Å². The molecule has 1 saturated heterocycles. The maximum atomic E-state index is 5.84. The zero-order valence-corrected chi connectivity index (χ0v) is 10.6. The van der Waals surface area contributed by atoms with Gasteiger partial charge in [-0.2, -0.15) is 0 Å². The SMILES string of the molecule is CCc1ncn(C2CCCCO2)c1C(C)C. The number of rotatable bonds is 3. The minimum Gasteiger partial charge on any atom is -0.358 e. The number of ether oxygens (including phenoxy) is 1. The third-order valence-electron chi connectivity index (χ3n) is 3.26. The largest absolute Gasteiger partial charge is 0.358 e. The second-order valence-electron chi connectivity index (χ2n) is 4.81. The van der Waals surface area contributed by atoms with Crippen LogP contribution in [0, 0.1) is 0 Å². The highest BCUT2D eigenvalue weighted by molar-refractivity contribution is 5.17. The Labute approximate surface area is 97.8 Å². The maximum absolute atomic E-state index is 5.84. The zero-order valence-electron chi connectivity index (χ0n) is 10.6. The molecule has 90 valence electrons. The van der Waals surface area contributed by atoms with Crippen LogP contribution >= 0.6 is 0 Å². The Hall–Kier alpha value is -0.830. The monoisotopic (exact) mass is 222 g/mol. The molecule has 0 bridgehead atoms. The van der Waals surface area contributed by atoms with Crippen LogP contribution in [-0.2, 0) is 11.2 Å². The summed E-state index contributed by atoms with van der Waals surface area (Å²) in [5, 5.41) is 0. The van der Waals surface area contributed by atoms with E-state index in [-0.39, 0.29) is 6.23 Å². The fourth-order valence-electron chi connectivity index (χ4n) is 2.49. The normalized spacial score (nSPS) is 21.6. The van der Waals surface area contributed by atoms with Gasteiger partial charge in [0, 0.05) is 12.3 Å². The van der Waals surface area contributed by atoms with Crippen LogP contribution in [0.1, 0.15) is 63.6 Å². The summed E-state index contributed by atoms with van der Waals surface area (Å²) in [6, 6.07) is 0. The number of nitrogens with zero attached hydrogens (tertiary/aromatic N) is 2. The number of aryl methyl sites for hydroxylation is 1. The van der Waals surface area contributed by atoms with Gasteiger partial charge in [-0.05, 0) is 31.6 Å². The summed E-state index contributed by atoms with van der Waals surface area (Å²) >= 11 is 0. The maximum Gasteiger partial charge on any atom is 0.135 e. The van der Waals surface area contributed by atoms with Crippen molar-refractivity contribution >= 4 is 0 Å². The molecular weight excluding hydrogens is 200 g/mol. The Kier molecular flexibility index (Phi) is 3.64. The van der Waals surface area contributed by atoms with E-state index in [1.807, 2.05) is 6.33 Å². The van der Waals surface area contributed by atoms with E-state index in [1.165, 1.54) is 24.2 Å². The van der Waals surface area contributed by atoms with E-state index in [4.69, 9.17) is 4.74 Å². The van der Waals surface area contributed by atoms with Crippen molar-refractivity contribution in [2.45, 2.75) is 58.6 Å². The fraction of sp³-hybridized carbons (Fsp3) is 0.769. The van der Waals surface area contributed by atoms with Crippen molar-refractivity contribution in [3.8, 4) is 0 Å². The van der Waals surface area contributed by atoms with Crippen LogP contribution in [-0.4, -0.2) is 16.2 Å². The molecule has 3 nitrogen and oxygen atoms in total. The molecule has 1 unspecified atom stereocenters. The molecule has 1 atom stereocenters. The predicted octanol–water partition coefficient (Wildman–Crippen LogP) is 3.27. The highest BCUT2D eigenvalue weighted by atomic mass is 16.5. The molecule has 16 heavy (non-hydrogen) atoms. The van der Waals surface area contributed by atoms with Gasteiger partial charge in [0.15, 0.2) is 0 Å². The molecule has 3 heteroatoms. The van der Waals surface area contributed by atoms with Crippen LogP contribution in [0.4, 0.5) is 0 Å². The van der Waals surface area contributed by atoms with Crippen molar-refractivity contribution < 1.29 is 4.74 Å². The zero-order chi connectivity index (χ0) is 11.5. The van der Waals surface area contributed by atoms with Crippen molar-refractivity contribution in [1.29, 1.82) is 0 Å². The molecule has 1 fully saturated rings. The molecule has 1 aliphatic rings. The Morgan fingerprint density at radius 2 is 2.31 bits per heavy atom. The van der Waals surface area contributed by atoms with E-state index < -0.39 is 0 Å². The summed E-state index contributed by atoms with van der Waals surface area (Å²) in [6.07, 6.45) is 6.78. The lowest BCUT2D eigenvalue weighted by Gasteiger charge is -2.26. The summed E-state index contributed by atoms with van der Waals surface area (Å²) in [5.74, 6) is 0.517. The predicted molar refractivity (Wildman–Crippen MR) is 64.5 cm³/mol. The van der Waals surface area contributed by atoms with Crippen molar-refractivity contribution in [2.24, 2.45) is 0 Å². The first-order chi connectivity index (χ1) is 7.74. The van der Waals surface area contributed by atoms with Crippen LogP contribution in [0.15, 0.2) is 6.33 Å². The van der Waals surface area contributed by atoms with Gasteiger partial charge in [-0.1, -0.05) is 20.8 Å². The first-order valence-corrected chi connectivity index (χ1v) is 6.41. The summed E-state index contributed by atoms with van der Waals surface area (Å²) in [7, 11) is 0. The number of imidazole rings is 1. The van der Waals surface area contributed by atoms with Gasteiger partial charge in [-0.3, -0.25) is 0 Å². The number of hydrogen-bond donors (Lipinski definition) is 0. The van der Waals surface area contributed by atoms with Gasteiger partial charge in [0.25, 0.3) is 0 Å². The Balaban J connectivity index is 2.28.